The van der Waals surface area contributed by atoms with Crippen LogP contribution < -0.4 is 0 Å². The molecule has 0 amide bonds. The van der Waals surface area contributed by atoms with Gasteiger partial charge in [0.05, 0.1) is 0 Å². The monoisotopic (exact) mass is 220 g/mol. The van der Waals surface area contributed by atoms with E-state index in [-0.39, 0.29) is 17.4 Å². The van der Waals surface area contributed by atoms with Crippen LogP contribution in [0.4, 0.5) is 0 Å². The summed E-state index contributed by atoms with van der Waals surface area (Å²) in [6.07, 6.45) is 0.746. The predicted octanol–water partition coefficient (Wildman–Crippen LogP) is 3.55. The second kappa shape index (κ2) is 4.58. The molecule has 1 N–H and O–H groups in total. The number of rotatable bonds is 3. The average molecular weight is 220 g/mol. The Morgan fingerprint density at radius 1 is 0.938 bits per heavy atom. The number of hydrogen-bond acceptors (Lipinski definition) is 1. The lowest BCUT2D eigenvalue weighted by Gasteiger charge is -2.39. The van der Waals surface area contributed by atoms with Crippen molar-refractivity contribution in [2.75, 3.05) is 6.61 Å². The first-order valence-corrected chi connectivity index (χ1v) is 5.99. The van der Waals surface area contributed by atoms with Gasteiger partial charge in [0.2, 0.25) is 0 Å². The van der Waals surface area contributed by atoms with E-state index < -0.39 is 0 Å². The number of hydrogen-bond donors (Lipinski definition) is 1. The maximum atomic E-state index is 8.88. The highest BCUT2D eigenvalue weighted by Crippen LogP contribution is 2.40. The molecule has 90 valence electrons. The highest BCUT2D eigenvalue weighted by atomic mass is 16.2. The second-order valence-electron chi connectivity index (χ2n) is 6.05. The zero-order valence-electron chi connectivity index (χ0n) is 11.2. The molecule has 0 aliphatic rings. The molecule has 1 aromatic carbocycles. The fourth-order valence-corrected chi connectivity index (χ4v) is 1.65. The van der Waals surface area contributed by atoms with Crippen LogP contribution in [0.2, 0.25) is 0 Å². The summed E-state index contributed by atoms with van der Waals surface area (Å²) in [6.45, 7) is 11.6. The van der Waals surface area contributed by atoms with Crippen LogP contribution in [0.3, 0.4) is 0 Å². The van der Waals surface area contributed by atoms with Crippen molar-refractivity contribution in [2.24, 2.45) is 5.41 Å². The van der Waals surface area contributed by atoms with E-state index in [1.807, 2.05) is 0 Å². The minimum Gasteiger partial charge on any atom is -0.396 e. The maximum absolute atomic E-state index is 8.88. The number of aliphatic hydroxyl groups excluding tert-OH is 1. The van der Waals surface area contributed by atoms with E-state index in [1.165, 1.54) is 11.1 Å². The average Bonchev–Trinajstić information content (AvgIpc) is 2.17. The molecule has 0 atom stereocenters. The molecule has 0 aromatic heterocycles. The van der Waals surface area contributed by atoms with Crippen LogP contribution in [0.5, 0.6) is 0 Å². The zero-order chi connectivity index (χ0) is 12.4. The van der Waals surface area contributed by atoms with Gasteiger partial charge in [-0.15, -0.1) is 0 Å². The van der Waals surface area contributed by atoms with Gasteiger partial charge in [0.25, 0.3) is 0 Å². The van der Waals surface area contributed by atoms with Gasteiger partial charge in [-0.05, 0) is 28.4 Å². The van der Waals surface area contributed by atoms with E-state index in [4.69, 9.17) is 5.11 Å². The van der Waals surface area contributed by atoms with Crippen molar-refractivity contribution in [2.45, 2.75) is 46.5 Å². The Hall–Kier alpha value is -0.820. The summed E-state index contributed by atoms with van der Waals surface area (Å²) in [5, 5.41) is 8.88. The summed E-state index contributed by atoms with van der Waals surface area (Å²) in [4.78, 5) is 0. The van der Waals surface area contributed by atoms with Crippen molar-refractivity contribution >= 4 is 0 Å². The van der Waals surface area contributed by atoms with E-state index in [0.717, 1.165) is 6.42 Å². The Kier molecular flexibility index (Phi) is 3.80. The largest absolute Gasteiger partial charge is 0.396 e. The molecule has 0 radical (unpaired) electrons. The first-order chi connectivity index (χ1) is 7.29. The van der Waals surface area contributed by atoms with E-state index in [2.05, 4.69) is 58.9 Å². The van der Waals surface area contributed by atoms with Crippen LogP contribution in [-0.4, -0.2) is 11.7 Å². The molecule has 0 aliphatic heterocycles. The molecule has 0 fully saturated rings. The summed E-state index contributed by atoms with van der Waals surface area (Å²) in [5.74, 6) is 0. The zero-order valence-corrected chi connectivity index (χ0v) is 11.2. The van der Waals surface area contributed by atoms with Crippen molar-refractivity contribution in [3.63, 3.8) is 0 Å². The summed E-state index contributed by atoms with van der Waals surface area (Å²) in [7, 11) is 0. The minimum atomic E-state index is 0.157. The highest BCUT2D eigenvalue weighted by Gasteiger charge is 2.34. The van der Waals surface area contributed by atoms with Gasteiger partial charge in [-0.1, -0.05) is 58.9 Å². The Balaban J connectivity index is 2.97. The van der Waals surface area contributed by atoms with E-state index in [0.29, 0.717) is 0 Å². The molecule has 1 rings (SSSR count). The van der Waals surface area contributed by atoms with Crippen LogP contribution in [0.25, 0.3) is 0 Å². The van der Waals surface area contributed by atoms with Crippen molar-refractivity contribution in [3.05, 3.63) is 35.4 Å². The third-order valence-corrected chi connectivity index (χ3v) is 3.95. The molecule has 0 bridgehead atoms. The standard InChI is InChI=1S/C15H24O/c1-14(2,3)15(4,5)13-8-6-12(7-9-13)10-11-16/h6-9,16H,10-11H2,1-5H3. The lowest BCUT2D eigenvalue weighted by molar-refractivity contribution is 0.225. The summed E-state index contributed by atoms with van der Waals surface area (Å²) >= 11 is 0. The molecule has 1 aromatic rings. The van der Waals surface area contributed by atoms with E-state index >= 15 is 0 Å². The summed E-state index contributed by atoms with van der Waals surface area (Å²) in [6, 6.07) is 8.63. The van der Waals surface area contributed by atoms with Gasteiger partial charge < -0.3 is 5.11 Å². The highest BCUT2D eigenvalue weighted by molar-refractivity contribution is 5.29. The molecule has 1 heteroatoms. The third-order valence-electron chi connectivity index (χ3n) is 3.95. The van der Waals surface area contributed by atoms with Gasteiger partial charge in [0, 0.05) is 6.61 Å². The second-order valence-corrected chi connectivity index (χ2v) is 6.05. The van der Waals surface area contributed by atoms with Gasteiger partial charge in [-0.25, -0.2) is 0 Å². The van der Waals surface area contributed by atoms with Crippen LogP contribution in [0.1, 0.15) is 45.7 Å². The fourth-order valence-electron chi connectivity index (χ4n) is 1.65. The maximum Gasteiger partial charge on any atom is 0.0471 e. The lowest BCUT2D eigenvalue weighted by Crippen LogP contribution is -2.33. The molecule has 1 nitrogen and oxygen atoms in total. The van der Waals surface area contributed by atoms with Gasteiger partial charge >= 0.3 is 0 Å². The molecule has 16 heavy (non-hydrogen) atoms. The normalized spacial score (nSPS) is 12.9. The fraction of sp³-hybridized carbons (Fsp3) is 0.600. The van der Waals surface area contributed by atoms with Gasteiger partial charge in [0.15, 0.2) is 0 Å². The van der Waals surface area contributed by atoms with Crippen LogP contribution in [-0.2, 0) is 11.8 Å². The number of aliphatic hydroxyl groups is 1. The molecule has 0 saturated heterocycles. The van der Waals surface area contributed by atoms with Gasteiger partial charge in [-0.2, -0.15) is 0 Å². The summed E-state index contributed by atoms with van der Waals surface area (Å²) < 4.78 is 0. The summed E-state index contributed by atoms with van der Waals surface area (Å²) in [5.41, 5.74) is 2.97. The molecule has 0 aliphatic carbocycles. The molecule has 0 spiro atoms. The lowest BCUT2D eigenvalue weighted by atomic mass is 9.65. The van der Waals surface area contributed by atoms with Crippen LogP contribution >= 0.6 is 0 Å². The van der Waals surface area contributed by atoms with Crippen molar-refractivity contribution < 1.29 is 5.11 Å². The van der Waals surface area contributed by atoms with Crippen LogP contribution in [0, 0.1) is 5.41 Å². The van der Waals surface area contributed by atoms with Crippen molar-refractivity contribution in [1.82, 2.24) is 0 Å². The van der Waals surface area contributed by atoms with Crippen molar-refractivity contribution in [3.8, 4) is 0 Å². The Labute approximate surface area is 99.5 Å². The van der Waals surface area contributed by atoms with E-state index in [9.17, 15) is 0 Å². The predicted molar refractivity (Wildman–Crippen MR) is 69.7 cm³/mol. The number of benzene rings is 1. The first-order valence-electron chi connectivity index (χ1n) is 5.99. The van der Waals surface area contributed by atoms with Gasteiger partial charge in [0.1, 0.15) is 0 Å². The topological polar surface area (TPSA) is 20.2 Å². The molecule has 0 saturated carbocycles. The van der Waals surface area contributed by atoms with Crippen molar-refractivity contribution in [1.29, 1.82) is 0 Å². The molecule has 0 heterocycles. The Bertz CT molecular complexity index is 327. The Morgan fingerprint density at radius 3 is 1.81 bits per heavy atom. The van der Waals surface area contributed by atoms with E-state index in [1.54, 1.807) is 0 Å². The quantitative estimate of drug-likeness (QED) is 0.826. The molecule has 0 unspecified atom stereocenters. The third kappa shape index (κ3) is 2.65. The minimum absolute atomic E-state index is 0.157. The molecular weight excluding hydrogens is 196 g/mol. The SMILES string of the molecule is CC(C)(C)C(C)(C)c1ccc(CCO)cc1. The molecular formula is C15H24O. The first kappa shape index (κ1) is 13.2. The van der Waals surface area contributed by atoms with Crippen LogP contribution in [0.15, 0.2) is 24.3 Å². The van der Waals surface area contributed by atoms with Gasteiger partial charge in [-0.3, -0.25) is 0 Å². The smallest absolute Gasteiger partial charge is 0.0471 e. The Morgan fingerprint density at radius 2 is 1.44 bits per heavy atom.